The van der Waals surface area contributed by atoms with E-state index in [-0.39, 0.29) is 67.3 Å². The van der Waals surface area contributed by atoms with Crippen molar-refractivity contribution in [2.45, 2.75) is 114 Å². The average Bonchev–Trinajstić information content (AvgIpc) is 3.00. The Labute approximate surface area is 247 Å². The first kappa shape index (κ1) is 31.4. The van der Waals surface area contributed by atoms with Crippen molar-refractivity contribution in [1.82, 2.24) is 25.8 Å². The van der Waals surface area contributed by atoms with Crippen molar-refractivity contribution in [3.63, 3.8) is 0 Å². The Bertz CT molecular complexity index is 989. The van der Waals surface area contributed by atoms with E-state index in [1.165, 1.54) is 11.3 Å². The average molecular weight is 596 g/mol. The number of nitrogens with zero attached hydrogens (tertiary/aromatic N) is 2. The van der Waals surface area contributed by atoms with Crippen LogP contribution in [0, 0.1) is 17.8 Å². The van der Waals surface area contributed by atoms with Gasteiger partial charge in [-0.2, -0.15) is 0 Å². The molecule has 6 unspecified atom stereocenters. The number of fused-ring (bicyclic) bond motifs is 1. The Morgan fingerprint density at radius 3 is 2.34 bits per heavy atom. The summed E-state index contributed by atoms with van der Waals surface area (Å²) in [4.78, 5) is 65.5. The molecular weight excluding hydrogens is 550 g/mol. The van der Waals surface area contributed by atoms with Gasteiger partial charge < -0.3 is 30.9 Å². The van der Waals surface area contributed by atoms with E-state index >= 15 is 0 Å². The molecule has 0 radical (unpaired) electrons. The van der Waals surface area contributed by atoms with E-state index in [4.69, 9.17) is 16.7 Å². The van der Waals surface area contributed by atoms with E-state index in [9.17, 15) is 24.0 Å². The van der Waals surface area contributed by atoms with Crippen LogP contribution >= 0.6 is 11.6 Å². The maximum Gasteiger partial charge on any atom is 0.315 e. The highest BCUT2D eigenvalue weighted by Crippen LogP contribution is 2.35. The van der Waals surface area contributed by atoms with Gasteiger partial charge in [-0.25, -0.2) is 4.79 Å². The smallest absolute Gasteiger partial charge is 0.315 e. The first-order chi connectivity index (χ1) is 19.5. The Balaban J connectivity index is 1.24. The van der Waals surface area contributed by atoms with Crippen LogP contribution in [0.5, 0.6) is 0 Å². The van der Waals surface area contributed by atoms with Crippen LogP contribution < -0.4 is 16.0 Å². The normalized spacial score (nSPS) is 34.3. The zero-order chi connectivity index (χ0) is 29.7. The fourth-order valence-corrected chi connectivity index (χ4v) is 7.49. The Morgan fingerprint density at radius 1 is 0.951 bits per heavy atom. The SMILES string of the molecule is CC1CCCCC1NC(=O)NC1CCC(CC(=O)NC2CC3C(=O)N(CCC(=O)O)CC(=O)N(C)C3CC2Cl)CC1. The maximum atomic E-state index is 13.3. The molecular formula is C29H46ClN5O6. The quantitative estimate of drug-likeness (QED) is 0.317. The fraction of sp³-hybridized carbons (Fsp3) is 0.828. The van der Waals surface area contributed by atoms with Gasteiger partial charge in [0.1, 0.15) is 0 Å². The van der Waals surface area contributed by atoms with Crippen molar-refractivity contribution < 1.29 is 29.1 Å². The number of halogens is 1. The van der Waals surface area contributed by atoms with E-state index in [0.717, 1.165) is 44.9 Å². The Hall–Kier alpha value is -2.56. The van der Waals surface area contributed by atoms with E-state index in [2.05, 4.69) is 22.9 Å². The number of likely N-dealkylation sites (N-methyl/N-ethyl adjacent to an activating group) is 1. The topological polar surface area (TPSA) is 148 Å². The number of hydrogen-bond acceptors (Lipinski definition) is 5. The van der Waals surface area contributed by atoms with Crippen molar-refractivity contribution in [2.24, 2.45) is 17.8 Å². The molecule has 5 amide bonds. The van der Waals surface area contributed by atoms with Gasteiger partial charge in [0.05, 0.1) is 24.3 Å². The zero-order valence-corrected chi connectivity index (χ0v) is 25.0. The van der Waals surface area contributed by atoms with E-state index < -0.39 is 23.3 Å². The molecule has 230 valence electrons. The molecule has 4 N–H and O–H groups in total. The fourth-order valence-electron chi connectivity index (χ4n) is 7.14. The summed E-state index contributed by atoms with van der Waals surface area (Å²) in [5, 5.41) is 18.0. The highest BCUT2D eigenvalue weighted by Gasteiger charge is 2.47. The molecule has 4 fully saturated rings. The van der Waals surface area contributed by atoms with Gasteiger partial charge in [-0.15, -0.1) is 11.6 Å². The van der Waals surface area contributed by atoms with E-state index in [0.29, 0.717) is 25.2 Å². The number of hydrogen-bond donors (Lipinski definition) is 4. The Kier molecular flexibility index (Phi) is 10.8. The lowest BCUT2D eigenvalue weighted by Crippen LogP contribution is -2.55. The van der Waals surface area contributed by atoms with Gasteiger partial charge >= 0.3 is 12.0 Å². The van der Waals surface area contributed by atoms with Crippen LogP contribution in [0.15, 0.2) is 0 Å². The molecule has 12 heteroatoms. The largest absolute Gasteiger partial charge is 0.481 e. The lowest BCUT2D eigenvalue weighted by atomic mass is 9.79. The number of rotatable bonds is 8. The summed E-state index contributed by atoms with van der Waals surface area (Å²) in [6.45, 7) is 2.01. The van der Waals surface area contributed by atoms with Crippen LogP contribution in [-0.4, -0.2) is 94.3 Å². The number of urea groups is 1. The molecule has 4 rings (SSSR count). The second-order valence-electron chi connectivity index (χ2n) is 12.7. The standard InChI is InChI=1S/C29H46ClN5O6/c1-17-5-3-4-6-22(17)33-29(41)31-19-9-7-18(8-10-19)13-25(36)32-23-14-20-24(15-21(23)30)34(2)26(37)16-35(28(20)40)12-11-27(38)39/h17-24H,3-16H2,1-2H3,(H,32,36)(H,38,39)(H2,31,33,41). The number of carboxylic acid groups (broad SMARTS) is 1. The lowest BCUT2D eigenvalue weighted by molar-refractivity contribution is -0.141. The highest BCUT2D eigenvalue weighted by atomic mass is 35.5. The molecule has 3 aliphatic carbocycles. The maximum absolute atomic E-state index is 13.3. The molecule has 4 aliphatic rings. The lowest BCUT2D eigenvalue weighted by Gasteiger charge is -2.41. The summed E-state index contributed by atoms with van der Waals surface area (Å²) in [5.74, 6) is -1.47. The zero-order valence-electron chi connectivity index (χ0n) is 24.3. The van der Waals surface area contributed by atoms with Gasteiger partial charge in [0.25, 0.3) is 0 Å². The van der Waals surface area contributed by atoms with Crippen molar-refractivity contribution in [2.75, 3.05) is 20.1 Å². The van der Waals surface area contributed by atoms with Crippen LogP contribution in [0.3, 0.4) is 0 Å². The Morgan fingerprint density at radius 2 is 1.66 bits per heavy atom. The van der Waals surface area contributed by atoms with E-state index in [1.807, 2.05) is 0 Å². The van der Waals surface area contributed by atoms with Crippen molar-refractivity contribution in [3.05, 3.63) is 0 Å². The molecule has 0 aromatic rings. The van der Waals surface area contributed by atoms with Crippen LogP contribution in [-0.2, 0) is 19.2 Å². The number of alkyl halides is 1. The molecule has 11 nitrogen and oxygen atoms in total. The van der Waals surface area contributed by atoms with Gasteiger partial charge in [0.15, 0.2) is 0 Å². The van der Waals surface area contributed by atoms with Gasteiger partial charge in [-0.05, 0) is 63.2 Å². The molecule has 1 aliphatic heterocycles. The summed E-state index contributed by atoms with van der Waals surface area (Å²) in [6, 6.07) is -0.536. The second kappa shape index (κ2) is 14.1. The molecule has 1 heterocycles. The van der Waals surface area contributed by atoms with Gasteiger partial charge in [-0.1, -0.05) is 19.8 Å². The number of carbonyl (C=O) groups is 5. The van der Waals surface area contributed by atoms with Crippen molar-refractivity contribution in [3.8, 4) is 0 Å². The second-order valence-corrected chi connectivity index (χ2v) is 13.2. The van der Waals surface area contributed by atoms with Gasteiger partial charge in [0, 0.05) is 44.2 Å². The van der Waals surface area contributed by atoms with Crippen LogP contribution in [0.4, 0.5) is 4.79 Å². The predicted octanol–water partition coefficient (Wildman–Crippen LogP) is 2.46. The third-order valence-corrected chi connectivity index (χ3v) is 10.2. The van der Waals surface area contributed by atoms with Crippen LogP contribution in [0.1, 0.15) is 84.0 Å². The molecule has 6 atom stereocenters. The van der Waals surface area contributed by atoms with E-state index in [1.54, 1.807) is 11.9 Å². The number of aliphatic carboxylic acids is 1. The predicted molar refractivity (Wildman–Crippen MR) is 153 cm³/mol. The van der Waals surface area contributed by atoms with Crippen LogP contribution in [0.25, 0.3) is 0 Å². The minimum absolute atomic E-state index is 0.0306. The van der Waals surface area contributed by atoms with Crippen molar-refractivity contribution >= 4 is 41.3 Å². The minimum atomic E-state index is -1.03. The number of carboxylic acids is 1. The summed E-state index contributed by atoms with van der Waals surface area (Å²) in [7, 11) is 1.65. The molecule has 0 aromatic carbocycles. The third-order valence-electron chi connectivity index (χ3n) is 9.75. The molecule has 0 bridgehead atoms. The molecule has 0 aromatic heterocycles. The molecule has 1 saturated heterocycles. The summed E-state index contributed by atoms with van der Waals surface area (Å²) >= 11 is 6.69. The monoisotopic (exact) mass is 595 g/mol. The molecule has 3 saturated carbocycles. The highest BCUT2D eigenvalue weighted by molar-refractivity contribution is 6.21. The number of amides is 5. The van der Waals surface area contributed by atoms with Crippen LogP contribution in [0.2, 0.25) is 0 Å². The minimum Gasteiger partial charge on any atom is -0.481 e. The van der Waals surface area contributed by atoms with Gasteiger partial charge in [-0.3, -0.25) is 19.2 Å². The number of carbonyl (C=O) groups excluding carboxylic acids is 4. The third kappa shape index (κ3) is 8.26. The molecule has 41 heavy (non-hydrogen) atoms. The van der Waals surface area contributed by atoms with Gasteiger partial charge in [0.2, 0.25) is 17.7 Å². The summed E-state index contributed by atoms with van der Waals surface area (Å²) in [6.07, 6.45) is 8.75. The summed E-state index contributed by atoms with van der Waals surface area (Å²) < 4.78 is 0. The number of nitrogens with one attached hydrogen (secondary N) is 3. The first-order valence-electron chi connectivity index (χ1n) is 15.3. The van der Waals surface area contributed by atoms with Crippen molar-refractivity contribution in [1.29, 1.82) is 0 Å². The first-order valence-corrected chi connectivity index (χ1v) is 15.7. The molecule has 0 spiro atoms. The summed E-state index contributed by atoms with van der Waals surface area (Å²) in [5.41, 5.74) is 0.